The molecular formula is C17H24F3N7O. The van der Waals surface area contributed by atoms with Gasteiger partial charge < -0.3 is 16.4 Å². The Bertz CT molecular complexity index is 755. The molecule has 154 valence electrons. The summed E-state index contributed by atoms with van der Waals surface area (Å²) in [6, 6.07) is 2.09. The Hall–Kier alpha value is -2.85. The number of alkyl halides is 3. The minimum atomic E-state index is -4.49. The van der Waals surface area contributed by atoms with Gasteiger partial charge in [-0.3, -0.25) is 4.79 Å². The molecule has 0 atom stereocenters. The number of amides is 1. The molecule has 2 heterocycles. The predicted octanol–water partition coefficient (Wildman–Crippen LogP) is 3.47. The minimum Gasteiger partial charge on any atom is -0.372 e. The lowest BCUT2D eigenvalue weighted by Gasteiger charge is -2.14. The molecule has 11 heteroatoms. The number of carbonyl (C=O) groups excluding carboxylic acids is 1. The van der Waals surface area contributed by atoms with Gasteiger partial charge in [0.15, 0.2) is 0 Å². The molecule has 2 aliphatic carbocycles. The molecule has 0 saturated heterocycles. The molecule has 2 aromatic rings. The van der Waals surface area contributed by atoms with Crippen molar-refractivity contribution in [2.45, 2.75) is 51.2 Å². The van der Waals surface area contributed by atoms with E-state index in [0.29, 0.717) is 18.4 Å². The Kier molecular flexibility index (Phi) is 7.59. The van der Waals surface area contributed by atoms with Crippen molar-refractivity contribution >= 4 is 24.0 Å². The van der Waals surface area contributed by atoms with Crippen molar-refractivity contribution in [1.82, 2.24) is 19.7 Å². The minimum absolute atomic E-state index is 0.103. The number of anilines is 3. The first kappa shape index (κ1) is 21.5. The van der Waals surface area contributed by atoms with Crippen molar-refractivity contribution in [1.29, 1.82) is 0 Å². The number of rotatable bonds is 5. The van der Waals surface area contributed by atoms with Gasteiger partial charge in [0.1, 0.15) is 17.2 Å². The number of nitrogens with two attached hydrogens (primary N) is 1. The predicted molar refractivity (Wildman–Crippen MR) is 99.1 cm³/mol. The summed E-state index contributed by atoms with van der Waals surface area (Å²) in [4.78, 5) is 16.3. The van der Waals surface area contributed by atoms with Crippen LogP contribution in [0.25, 0.3) is 0 Å². The van der Waals surface area contributed by atoms with E-state index in [1.54, 1.807) is 23.9 Å². The van der Waals surface area contributed by atoms with Crippen molar-refractivity contribution in [3.8, 4) is 0 Å². The molecule has 2 fully saturated rings. The van der Waals surface area contributed by atoms with Gasteiger partial charge in [0.2, 0.25) is 12.4 Å². The first-order valence-electron chi connectivity index (χ1n) is 9.04. The van der Waals surface area contributed by atoms with Gasteiger partial charge in [-0.05, 0) is 19.8 Å². The summed E-state index contributed by atoms with van der Waals surface area (Å²) in [7, 11) is 0. The Morgan fingerprint density at radius 2 is 1.96 bits per heavy atom. The second-order valence-electron chi connectivity index (χ2n) is 6.20. The van der Waals surface area contributed by atoms with Gasteiger partial charge in [-0.25, -0.2) is 9.67 Å². The second kappa shape index (κ2) is 9.90. The molecule has 0 aromatic carbocycles. The van der Waals surface area contributed by atoms with Crippen molar-refractivity contribution in [3.63, 3.8) is 0 Å². The van der Waals surface area contributed by atoms with Crippen LogP contribution in [-0.4, -0.2) is 32.7 Å². The summed E-state index contributed by atoms with van der Waals surface area (Å²) in [6.07, 6.45) is 4.77. The largest absolute Gasteiger partial charge is 0.421 e. The number of aromatic nitrogens is 4. The van der Waals surface area contributed by atoms with Gasteiger partial charge in [-0.1, -0.05) is 19.3 Å². The monoisotopic (exact) mass is 399 g/mol. The van der Waals surface area contributed by atoms with Gasteiger partial charge in [0, 0.05) is 18.8 Å². The fraction of sp³-hybridized carbons (Fsp3) is 0.529. The first-order chi connectivity index (χ1) is 13.4. The Morgan fingerprint density at radius 3 is 2.46 bits per heavy atom. The number of nitrogens with zero attached hydrogens (tertiary/aromatic N) is 4. The molecule has 28 heavy (non-hydrogen) atoms. The summed E-state index contributed by atoms with van der Waals surface area (Å²) in [6.45, 7) is 2.04. The molecule has 2 aliphatic rings. The maximum absolute atomic E-state index is 12.9. The summed E-state index contributed by atoms with van der Waals surface area (Å²) in [5.41, 5.74) is 3.29. The quantitative estimate of drug-likeness (QED) is 0.664. The fourth-order valence-corrected chi connectivity index (χ4v) is 2.09. The molecular weight excluding hydrogens is 375 g/mol. The number of primary amides is 1. The van der Waals surface area contributed by atoms with Crippen LogP contribution in [0.3, 0.4) is 0 Å². The van der Waals surface area contributed by atoms with E-state index in [9.17, 15) is 13.2 Å². The molecule has 1 amide bonds. The smallest absolute Gasteiger partial charge is 0.372 e. The Labute approximate surface area is 160 Å². The highest BCUT2D eigenvalue weighted by Gasteiger charge is 2.35. The third-order valence-electron chi connectivity index (χ3n) is 3.59. The average Bonchev–Trinajstić information content (AvgIpc) is 3.54. The van der Waals surface area contributed by atoms with Crippen molar-refractivity contribution in [3.05, 3.63) is 24.0 Å². The van der Waals surface area contributed by atoms with E-state index in [4.69, 9.17) is 4.79 Å². The molecule has 0 spiro atoms. The van der Waals surface area contributed by atoms with Crippen LogP contribution in [0.1, 0.15) is 50.6 Å². The number of carbonyl (C=O) groups is 1. The number of halogens is 3. The maximum Gasteiger partial charge on any atom is 0.421 e. The number of hydrogen-bond donors (Lipinski definition) is 3. The van der Waals surface area contributed by atoms with E-state index >= 15 is 0 Å². The third-order valence-corrected chi connectivity index (χ3v) is 3.59. The molecule has 2 aromatic heterocycles. The van der Waals surface area contributed by atoms with Crippen LogP contribution in [0.4, 0.5) is 30.8 Å². The number of nitrogens with one attached hydrogen (secondary N) is 2. The molecule has 0 aliphatic heterocycles. The summed E-state index contributed by atoms with van der Waals surface area (Å²) in [5, 5.41) is 9.73. The van der Waals surface area contributed by atoms with Crippen molar-refractivity contribution in [2.75, 3.05) is 17.2 Å². The third kappa shape index (κ3) is 6.71. The standard InChI is InChI=1S/C13H15F3N6.C3H6.CH3NO/c1-2-17-11-9(13(14,15)16)7-18-12(21-11)20-10-5-6-19-22(10)8-3-4-8;1-2-3-1;2-1-3/h5-8H,2-4H2,1H3,(H2,17,18,20,21);1-3H2;1H,(H2,2,3). The molecule has 0 bridgehead atoms. The highest BCUT2D eigenvalue weighted by atomic mass is 19.4. The van der Waals surface area contributed by atoms with Crippen LogP contribution in [0.2, 0.25) is 0 Å². The molecule has 4 N–H and O–H groups in total. The van der Waals surface area contributed by atoms with Gasteiger partial charge in [-0.15, -0.1) is 0 Å². The SMILES string of the molecule is C1CC1.CCNc1nc(Nc2ccnn2C2CC2)ncc1C(F)(F)F.NC=O. The summed E-state index contributed by atoms with van der Waals surface area (Å²) in [5.74, 6) is 0.543. The van der Waals surface area contributed by atoms with Crippen LogP contribution in [0.5, 0.6) is 0 Å². The van der Waals surface area contributed by atoms with Gasteiger partial charge in [0.05, 0.1) is 12.2 Å². The zero-order valence-electron chi connectivity index (χ0n) is 15.5. The van der Waals surface area contributed by atoms with Crippen LogP contribution in [-0.2, 0) is 11.0 Å². The lowest BCUT2D eigenvalue weighted by atomic mass is 10.3. The fourth-order valence-electron chi connectivity index (χ4n) is 2.09. The Morgan fingerprint density at radius 1 is 1.32 bits per heavy atom. The zero-order valence-corrected chi connectivity index (χ0v) is 15.5. The Balaban J connectivity index is 0.000000406. The van der Waals surface area contributed by atoms with E-state index < -0.39 is 11.7 Å². The highest BCUT2D eigenvalue weighted by Crippen LogP contribution is 2.37. The van der Waals surface area contributed by atoms with Crippen LogP contribution < -0.4 is 16.4 Å². The van der Waals surface area contributed by atoms with E-state index in [1.807, 2.05) is 0 Å². The molecule has 0 unspecified atom stereocenters. The lowest BCUT2D eigenvalue weighted by Crippen LogP contribution is -2.14. The van der Waals surface area contributed by atoms with E-state index in [-0.39, 0.29) is 18.2 Å². The van der Waals surface area contributed by atoms with E-state index in [0.717, 1.165) is 19.0 Å². The van der Waals surface area contributed by atoms with E-state index in [1.165, 1.54) is 19.3 Å². The van der Waals surface area contributed by atoms with Gasteiger partial charge in [0.25, 0.3) is 0 Å². The lowest BCUT2D eigenvalue weighted by molar-refractivity contribution is -0.137. The average molecular weight is 399 g/mol. The highest BCUT2D eigenvalue weighted by molar-refractivity contribution is 5.54. The second-order valence-corrected chi connectivity index (χ2v) is 6.20. The molecule has 0 radical (unpaired) electrons. The van der Waals surface area contributed by atoms with Crippen LogP contribution >= 0.6 is 0 Å². The van der Waals surface area contributed by atoms with Crippen molar-refractivity contribution < 1.29 is 18.0 Å². The van der Waals surface area contributed by atoms with Gasteiger partial charge >= 0.3 is 6.18 Å². The van der Waals surface area contributed by atoms with Gasteiger partial charge in [-0.2, -0.15) is 23.3 Å². The molecule has 2 saturated carbocycles. The number of hydrogen-bond acceptors (Lipinski definition) is 6. The molecule has 4 rings (SSSR count). The molecule has 8 nitrogen and oxygen atoms in total. The van der Waals surface area contributed by atoms with Crippen molar-refractivity contribution in [2.24, 2.45) is 5.73 Å². The van der Waals surface area contributed by atoms with Crippen LogP contribution in [0, 0.1) is 0 Å². The maximum atomic E-state index is 12.9. The van der Waals surface area contributed by atoms with Crippen LogP contribution in [0.15, 0.2) is 18.5 Å². The van der Waals surface area contributed by atoms with E-state index in [2.05, 4.69) is 31.4 Å². The summed E-state index contributed by atoms with van der Waals surface area (Å²) >= 11 is 0. The normalized spacial score (nSPS) is 14.7. The topological polar surface area (TPSA) is 111 Å². The summed E-state index contributed by atoms with van der Waals surface area (Å²) < 4.78 is 40.5. The zero-order chi connectivity index (χ0) is 20.6. The first-order valence-corrected chi connectivity index (χ1v) is 9.04.